The van der Waals surface area contributed by atoms with E-state index in [1.165, 1.54) is 0 Å². The first kappa shape index (κ1) is 29.0. The molecule has 0 aliphatic rings. The third kappa shape index (κ3) is 4.94. The van der Waals surface area contributed by atoms with Crippen molar-refractivity contribution < 1.29 is 4.42 Å². The van der Waals surface area contributed by atoms with Crippen molar-refractivity contribution in [2.45, 2.75) is 0 Å². The Morgan fingerprint density at radius 1 is 0.373 bits per heavy atom. The predicted octanol–water partition coefficient (Wildman–Crippen LogP) is 11.8. The lowest BCUT2D eigenvalue weighted by Crippen LogP contribution is -1.94. The second-order valence-electron chi connectivity index (χ2n) is 12.6. The number of furan rings is 1. The van der Waals surface area contributed by atoms with Crippen LogP contribution >= 0.6 is 0 Å². The first-order valence-corrected chi connectivity index (χ1v) is 17.0. The molecule has 0 spiro atoms. The summed E-state index contributed by atoms with van der Waals surface area (Å²) < 4.78 is 6.38. The van der Waals surface area contributed by atoms with Gasteiger partial charge in [-0.15, -0.1) is 0 Å². The van der Waals surface area contributed by atoms with Crippen LogP contribution in [0.2, 0.25) is 0 Å². The van der Waals surface area contributed by atoms with E-state index < -0.39 is 0 Å². The molecule has 5 nitrogen and oxygen atoms in total. The topological polar surface area (TPSA) is 64.7 Å². The fourth-order valence-corrected chi connectivity index (χ4v) is 7.23. The molecule has 0 fully saturated rings. The highest BCUT2D eigenvalue weighted by molar-refractivity contribution is 6.29. The standard InChI is InChI=1S/C46H28N4O/c1-2-12-29(13-3-1)45-36-22-23-42-44(34-16-4-5-21-41(34)51-42)43(36)35-18-11-17-33(46(35)50-45)31-15-10-14-30(26-31)32-27-39(37-19-6-8-24-47-37)49-40(28-32)38-20-7-9-25-48-38/h1-28H. The number of hydrogen-bond acceptors (Lipinski definition) is 5. The van der Waals surface area contributed by atoms with Crippen LogP contribution < -0.4 is 0 Å². The van der Waals surface area contributed by atoms with Crippen molar-refractivity contribution >= 4 is 43.6 Å². The zero-order valence-corrected chi connectivity index (χ0v) is 27.4. The fourth-order valence-electron chi connectivity index (χ4n) is 7.23. The predicted molar refractivity (Wildman–Crippen MR) is 207 cm³/mol. The molecule has 5 heterocycles. The molecule has 0 radical (unpaired) electrons. The average Bonchev–Trinajstić information content (AvgIpc) is 3.60. The van der Waals surface area contributed by atoms with Gasteiger partial charge in [-0.3, -0.25) is 9.97 Å². The van der Waals surface area contributed by atoms with Crippen LogP contribution in [0.1, 0.15) is 0 Å². The first-order chi connectivity index (χ1) is 25.3. The number of fused-ring (bicyclic) bond motifs is 7. The molecule has 10 aromatic rings. The molecule has 5 aromatic heterocycles. The molecule has 0 bridgehead atoms. The zero-order valence-electron chi connectivity index (χ0n) is 27.4. The van der Waals surface area contributed by atoms with Crippen LogP contribution in [0.4, 0.5) is 0 Å². The van der Waals surface area contributed by atoms with E-state index in [0.717, 1.165) is 99.9 Å². The molecule has 0 amide bonds. The Morgan fingerprint density at radius 2 is 1.04 bits per heavy atom. The highest BCUT2D eigenvalue weighted by atomic mass is 16.3. The van der Waals surface area contributed by atoms with Gasteiger partial charge in [-0.2, -0.15) is 0 Å². The Hall–Kier alpha value is -6.98. The number of hydrogen-bond donors (Lipinski definition) is 0. The molecule has 51 heavy (non-hydrogen) atoms. The van der Waals surface area contributed by atoms with E-state index in [4.69, 9.17) is 14.4 Å². The minimum atomic E-state index is 0.793. The van der Waals surface area contributed by atoms with Gasteiger partial charge in [0.25, 0.3) is 0 Å². The minimum absolute atomic E-state index is 0.793. The summed E-state index contributed by atoms with van der Waals surface area (Å²) in [5, 5.41) is 5.54. The Balaban J connectivity index is 1.22. The van der Waals surface area contributed by atoms with Crippen molar-refractivity contribution in [3.8, 4) is 56.3 Å². The van der Waals surface area contributed by atoms with Crippen molar-refractivity contribution in [1.29, 1.82) is 0 Å². The summed E-state index contributed by atoms with van der Waals surface area (Å²) >= 11 is 0. The lowest BCUT2D eigenvalue weighted by Gasteiger charge is -2.15. The van der Waals surface area contributed by atoms with Gasteiger partial charge >= 0.3 is 0 Å². The largest absolute Gasteiger partial charge is 0.456 e. The summed E-state index contributed by atoms with van der Waals surface area (Å²) in [6.07, 6.45) is 3.59. The normalized spacial score (nSPS) is 11.5. The maximum absolute atomic E-state index is 6.38. The lowest BCUT2D eigenvalue weighted by atomic mass is 9.92. The lowest BCUT2D eigenvalue weighted by molar-refractivity contribution is 0.669. The van der Waals surface area contributed by atoms with Crippen LogP contribution in [-0.4, -0.2) is 19.9 Å². The SMILES string of the molecule is c1ccc(-c2nc3c(-c4cccc(-c5cc(-c6ccccn6)nc(-c6ccccn6)c5)c4)cccc3c3c2ccc2oc4ccccc4c23)cc1. The van der Waals surface area contributed by atoms with E-state index in [-0.39, 0.29) is 0 Å². The third-order valence-corrected chi connectivity index (χ3v) is 9.56. The molecule has 0 saturated carbocycles. The van der Waals surface area contributed by atoms with Crippen molar-refractivity contribution in [3.05, 3.63) is 170 Å². The Labute approximate surface area is 293 Å². The van der Waals surface area contributed by atoms with Gasteiger partial charge in [0.2, 0.25) is 0 Å². The van der Waals surface area contributed by atoms with Gasteiger partial charge in [-0.25, -0.2) is 9.97 Å². The van der Waals surface area contributed by atoms with Crippen LogP contribution in [0.5, 0.6) is 0 Å². The van der Waals surface area contributed by atoms with Crippen LogP contribution in [0.15, 0.2) is 175 Å². The van der Waals surface area contributed by atoms with Gasteiger partial charge < -0.3 is 4.42 Å². The number of aromatic nitrogens is 4. The van der Waals surface area contributed by atoms with Gasteiger partial charge in [0.1, 0.15) is 11.2 Å². The monoisotopic (exact) mass is 652 g/mol. The molecule has 0 saturated heterocycles. The van der Waals surface area contributed by atoms with E-state index in [1.54, 1.807) is 12.4 Å². The van der Waals surface area contributed by atoms with Crippen LogP contribution in [0, 0.1) is 0 Å². The van der Waals surface area contributed by atoms with Gasteiger partial charge in [0.05, 0.1) is 34.0 Å². The van der Waals surface area contributed by atoms with Gasteiger partial charge in [0.15, 0.2) is 0 Å². The summed E-state index contributed by atoms with van der Waals surface area (Å²) in [5.41, 5.74) is 12.1. The molecule has 10 rings (SSSR count). The molecule has 0 atom stereocenters. The fraction of sp³-hybridized carbons (Fsp3) is 0. The van der Waals surface area contributed by atoms with Crippen LogP contribution in [0.25, 0.3) is 99.9 Å². The number of rotatable bonds is 5. The van der Waals surface area contributed by atoms with E-state index in [9.17, 15) is 0 Å². The molecule has 5 heteroatoms. The van der Waals surface area contributed by atoms with Crippen molar-refractivity contribution in [3.63, 3.8) is 0 Å². The van der Waals surface area contributed by atoms with Gasteiger partial charge in [-0.05, 0) is 77.4 Å². The second kappa shape index (κ2) is 11.9. The van der Waals surface area contributed by atoms with Crippen molar-refractivity contribution in [2.24, 2.45) is 0 Å². The maximum Gasteiger partial charge on any atom is 0.136 e. The maximum atomic E-state index is 6.38. The highest BCUT2D eigenvalue weighted by Gasteiger charge is 2.19. The molecule has 0 aliphatic heterocycles. The van der Waals surface area contributed by atoms with Crippen LogP contribution in [-0.2, 0) is 0 Å². The quantitative estimate of drug-likeness (QED) is 0.173. The van der Waals surface area contributed by atoms with Gasteiger partial charge in [-0.1, -0.05) is 97.1 Å². The van der Waals surface area contributed by atoms with E-state index in [2.05, 4.69) is 113 Å². The number of para-hydroxylation sites is 2. The highest BCUT2D eigenvalue weighted by Crippen LogP contribution is 2.43. The molecule has 0 N–H and O–H groups in total. The molecular weight excluding hydrogens is 625 g/mol. The molecular formula is C46H28N4O. The Kier molecular flexibility index (Phi) is 6.74. The molecule has 5 aromatic carbocycles. The summed E-state index contributed by atoms with van der Waals surface area (Å²) in [7, 11) is 0. The van der Waals surface area contributed by atoms with E-state index in [1.807, 2.05) is 54.6 Å². The van der Waals surface area contributed by atoms with Crippen molar-refractivity contribution in [2.75, 3.05) is 0 Å². The summed E-state index contributed by atoms with van der Waals surface area (Å²) in [5.74, 6) is 0. The number of pyridine rings is 4. The smallest absolute Gasteiger partial charge is 0.136 e. The first-order valence-electron chi connectivity index (χ1n) is 17.0. The number of benzene rings is 5. The Bertz CT molecular complexity index is 2840. The van der Waals surface area contributed by atoms with Crippen molar-refractivity contribution in [1.82, 2.24) is 19.9 Å². The third-order valence-electron chi connectivity index (χ3n) is 9.56. The Morgan fingerprint density at radius 3 is 1.80 bits per heavy atom. The summed E-state index contributed by atoms with van der Waals surface area (Å²) in [6, 6.07) is 54.2. The van der Waals surface area contributed by atoms with Gasteiger partial charge in [0, 0.05) is 50.5 Å². The average molecular weight is 653 g/mol. The molecule has 238 valence electrons. The zero-order chi connectivity index (χ0) is 33.7. The second-order valence-corrected chi connectivity index (χ2v) is 12.6. The van der Waals surface area contributed by atoms with E-state index >= 15 is 0 Å². The minimum Gasteiger partial charge on any atom is -0.456 e. The number of nitrogens with zero attached hydrogens (tertiary/aromatic N) is 4. The molecule has 0 aliphatic carbocycles. The van der Waals surface area contributed by atoms with E-state index in [0.29, 0.717) is 0 Å². The summed E-state index contributed by atoms with van der Waals surface area (Å²) in [6.45, 7) is 0. The summed E-state index contributed by atoms with van der Waals surface area (Å²) in [4.78, 5) is 19.7. The van der Waals surface area contributed by atoms with Crippen LogP contribution in [0.3, 0.4) is 0 Å². The molecule has 0 unspecified atom stereocenters.